The fourth-order valence-electron chi connectivity index (χ4n) is 2.19. The van der Waals surface area contributed by atoms with E-state index in [-0.39, 0.29) is 10.9 Å². The molecule has 126 valence electrons. The standard InChI is InChI=1S/C17H24N2O3S/c1-4-11-18-12-15-7-10-17(22-15)14-5-8-16(9-6-14)23(20,21)19-13(2)3/h5-10,13,18-19H,4,11-12H2,1-3H3. The molecular formula is C17H24N2O3S. The topological polar surface area (TPSA) is 71.3 Å². The van der Waals surface area contributed by atoms with Crippen LogP contribution in [0.15, 0.2) is 45.7 Å². The highest BCUT2D eigenvalue weighted by Crippen LogP contribution is 2.23. The van der Waals surface area contributed by atoms with Crippen LogP contribution in [0.2, 0.25) is 0 Å². The first-order chi connectivity index (χ1) is 10.9. The smallest absolute Gasteiger partial charge is 0.240 e. The molecule has 1 aromatic carbocycles. The molecule has 0 aliphatic rings. The third kappa shape index (κ3) is 4.92. The lowest BCUT2D eigenvalue weighted by molar-refractivity contribution is 0.493. The molecule has 5 nitrogen and oxygen atoms in total. The summed E-state index contributed by atoms with van der Waals surface area (Å²) in [4.78, 5) is 0.256. The van der Waals surface area contributed by atoms with Gasteiger partial charge in [-0.15, -0.1) is 0 Å². The van der Waals surface area contributed by atoms with Crippen LogP contribution in [0.3, 0.4) is 0 Å². The lowest BCUT2D eigenvalue weighted by atomic mass is 10.2. The van der Waals surface area contributed by atoms with Crippen LogP contribution < -0.4 is 10.0 Å². The molecule has 1 aromatic heterocycles. The second-order valence-corrected chi connectivity index (χ2v) is 7.46. The Morgan fingerprint density at radius 3 is 2.39 bits per heavy atom. The second-order valence-electron chi connectivity index (χ2n) is 5.74. The highest BCUT2D eigenvalue weighted by Gasteiger charge is 2.15. The first-order valence-electron chi connectivity index (χ1n) is 7.84. The van der Waals surface area contributed by atoms with Crippen molar-refractivity contribution >= 4 is 10.0 Å². The molecule has 0 saturated carbocycles. The van der Waals surface area contributed by atoms with E-state index < -0.39 is 10.0 Å². The number of hydrogen-bond donors (Lipinski definition) is 2. The molecule has 0 bridgehead atoms. The number of hydrogen-bond acceptors (Lipinski definition) is 4. The van der Waals surface area contributed by atoms with Gasteiger partial charge in [-0.25, -0.2) is 13.1 Å². The van der Waals surface area contributed by atoms with Crippen LogP contribution in [0.5, 0.6) is 0 Å². The maximum absolute atomic E-state index is 12.1. The van der Waals surface area contributed by atoms with E-state index in [1.165, 1.54) is 0 Å². The Balaban J connectivity index is 2.11. The Morgan fingerprint density at radius 1 is 1.09 bits per heavy atom. The molecule has 2 rings (SSSR count). The van der Waals surface area contributed by atoms with Gasteiger partial charge in [-0.05, 0) is 63.2 Å². The van der Waals surface area contributed by atoms with E-state index >= 15 is 0 Å². The molecular weight excluding hydrogens is 312 g/mol. The van der Waals surface area contributed by atoms with Gasteiger partial charge in [-0.2, -0.15) is 0 Å². The molecule has 0 aliphatic carbocycles. The van der Waals surface area contributed by atoms with E-state index in [0.29, 0.717) is 6.54 Å². The van der Waals surface area contributed by atoms with Gasteiger partial charge in [0.1, 0.15) is 11.5 Å². The van der Waals surface area contributed by atoms with Crippen LogP contribution >= 0.6 is 0 Å². The van der Waals surface area contributed by atoms with Gasteiger partial charge >= 0.3 is 0 Å². The molecule has 6 heteroatoms. The van der Waals surface area contributed by atoms with Gasteiger partial charge in [-0.1, -0.05) is 6.92 Å². The predicted molar refractivity (Wildman–Crippen MR) is 91.6 cm³/mol. The van der Waals surface area contributed by atoms with Gasteiger partial charge in [-0.3, -0.25) is 0 Å². The van der Waals surface area contributed by atoms with Crippen LogP contribution in [0, 0.1) is 0 Å². The van der Waals surface area contributed by atoms with E-state index in [0.717, 1.165) is 30.0 Å². The Hall–Kier alpha value is -1.63. The van der Waals surface area contributed by atoms with E-state index in [4.69, 9.17) is 4.42 Å². The first-order valence-corrected chi connectivity index (χ1v) is 9.33. The zero-order valence-corrected chi connectivity index (χ0v) is 14.6. The van der Waals surface area contributed by atoms with Gasteiger partial charge in [0.15, 0.2) is 0 Å². The van der Waals surface area contributed by atoms with Crippen LogP contribution in [0.25, 0.3) is 11.3 Å². The van der Waals surface area contributed by atoms with E-state index in [1.807, 2.05) is 12.1 Å². The van der Waals surface area contributed by atoms with Crippen LogP contribution in [-0.4, -0.2) is 21.0 Å². The average molecular weight is 336 g/mol. The van der Waals surface area contributed by atoms with Crippen molar-refractivity contribution in [1.29, 1.82) is 0 Å². The quantitative estimate of drug-likeness (QED) is 0.727. The molecule has 0 fully saturated rings. The molecule has 0 saturated heterocycles. The predicted octanol–water partition coefficient (Wildman–Crippen LogP) is 3.13. The molecule has 0 aliphatic heterocycles. The summed E-state index contributed by atoms with van der Waals surface area (Å²) in [6.07, 6.45) is 1.08. The molecule has 0 atom stereocenters. The van der Waals surface area contributed by atoms with Crippen LogP contribution in [-0.2, 0) is 16.6 Å². The average Bonchev–Trinajstić information content (AvgIpc) is 2.95. The summed E-state index contributed by atoms with van der Waals surface area (Å²) in [5.74, 6) is 1.60. The summed E-state index contributed by atoms with van der Waals surface area (Å²) in [6, 6.07) is 10.4. The summed E-state index contributed by atoms with van der Waals surface area (Å²) >= 11 is 0. The number of furan rings is 1. The van der Waals surface area contributed by atoms with Crippen molar-refractivity contribution in [2.45, 2.75) is 44.7 Å². The normalized spacial score (nSPS) is 12.0. The third-order valence-corrected chi connectivity index (χ3v) is 4.90. The Kier molecular flexibility index (Phi) is 5.98. The Labute approximate surface area is 138 Å². The van der Waals surface area contributed by atoms with Crippen molar-refractivity contribution in [3.63, 3.8) is 0 Å². The second kappa shape index (κ2) is 7.77. The zero-order chi connectivity index (χ0) is 16.9. The van der Waals surface area contributed by atoms with Crippen molar-refractivity contribution in [1.82, 2.24) is 10.0 Å². The van der Waals surface area contributed by atoms with Crippen molar-refractivity contribution in [2.24, 2.45) is 0 Å². The minimum absolute atomic E-state index is 0.136. The summed E-state index contributed by atoms with van der Waals surface area (Å²) in [7, 11) is -3.46. The minimum atomic E-state index is -3.46. The lowest BCUT2D eigenvalue weighted by Crippen LogP contribution is -2.30. The van der Waals surface area contributed by atoms with Crippen molar-refractivity contribution in [3.05, 3.63) is 42.2 Å². The van der Waals surface area contributed by atoms with Crippen LogP contribution in [0.4, 0.5) is 0 Å². The summed E-state index contributed by atoms with van der Waals surface area (Å²) in [5.41, 5.74) is 0.857. The Morgan fingerprint density at radius 2 is 1.78 bits per heavy atom. The number of sulfonamides is 1. The van der Waals surface area contributed by atoms with Crippen molar-refractivity contribution in [3.8, 4) is 11.3 Å². The summed E-state index contributed by atoms with van der Waals surface area (Å²) in [5, 5.41) is 3.28. The maximum atomic E-state index is 12.1. The molecule has 0 spiro atoms. The summed E-state index contributed by atoms with van der Waals surface area (Å²) < 4.78 is 32.5. The molecule has 0 amide bonds. The molecule has 0 unspecified atom stereocenters. The van der Waals surface area contributed by atoms with Gasteiger partial charge in [0.05, 0.1) is 11.4 Å². The SMILES string of the molecule is CCCNCc1ccc(-c2ccc(S(=O)(=O)NC(C)C)cc2)o1. The minimum Gasteiger partial charge on any atom is -0.460 e. The molecule has 2 aromatic rings. The summed E-state index contributed by atoms with van der Waals surface area (Å²) in [6.45, 7) is 7.35. The highest BCUT2D eigenvalue weighted by atomic mass is 32.2. The zero-order valence-electron chi connectivity index (χ0n) is 13.8. The Bertz CT molecular complexity index is 719. The van der Waals surface area contributed by atoms with Crippen molar-refractivity contribution < 1.29 is 12.8 Å². The van der Waals surface area contributed by atoms with E-state index in [9.17, 15) is 8.42 Å². The number of nitrogens with one attached hydrogen (secondary N) is 2. The third-order valence-electron chi connectivity index (χ3n) is 3.23. The fraction of sp³-hybridized carbons (Fsp3) is 0.412. The number of rotatable bonds is 8. The van der Waals surface area contributed by atoms with Gasteiger partial charge in [0.2, 0.25) is 10.0 Å². The first kappa shape index (κ1) is 17.7. The largest absolute Gasteiger partial charge is 0.460 e. The highest BCUT2D eigenvalue weighted by molar-refractivity contribution is 7.89. The van der Waals surface area contributed by atoms with Gasteiger partial charge in [0.25, 0.3) is 0 Å². The monoisotopic (exact) mass is 336 g/mol. The molecule has 23 heavy (non-hydrogen) atoms. The van der Waals surface area contributed by atoms with E-state index in [2.05, 4.69) is 17.0 Å². The molecule has 0 radical (unpaired) electrons. The lowest BCUT2D eigenvalue weighted by Gasteiger charge is -2.09. The van der Waals surface area contributed by atoms with E-state index in [1.54, 1.807) is 38.1 Å². The molecule has 2 N–H and O–H groups in total. The fourth-order valence-corrected chi connectivity index (χ4v) is 3.44. The maximum Gasteiger partial charge on any atom is 0.240 e. The van der Waals surface area contributed by atoms with Gasteiger partial charge in [0, 0.05) is 11.6 Å². The molecule has 1 heterocycles. The number of benzene rings is 1. The van der Waals surface area contributed by atoms with Gasteiger partial charge < -0.3 is 9.73 Å². The van der Waals surface area contributed by atoms with Crippen LogP contribution in [0.1, 0.15) is 33.0 Å². The van der Waals surface area contributed by atoms with Crippen molar-refractivity contribution in [2.75, 3.05) is 6.54 Å².